The summed E-state index contributed by atoms with van der Waals surface area (Å²) in [5.41, 5.74) is 6.07. The standard InChI is InChI=1S/C14H17NO2/c1-2-3-4-7-11(15)14-10-16-12-8-5-6-9-13(12)17-14/h5-6,8-9,11,14H,4,7,10,15H2,1H3. The molecule has 1 aromatic rings. The van der Waals surface area contributed by atoms with Gasteiger partial charge in [-0.15, -0.1) is 11.8 Å². The Morgan fingerprint density at radius 2 is 2.18 bits per heavy atom. The Balaban J connectivity index is 1.94. The topological polar surface area (TPSA) is 44.5 Å². The number of rotatable bonds is 3. The van der Waals surface area contributed by atoms with Crippen molar-refractivity contribution in [2.45, 2.75) is 31.9 Å². The molecular formula is C14H17NO2. The van der Waals surface area contributed by atoms with E-state index in [2.05, 4.69) is 11.8 Å². The highest BCUT2D eigenvalue weighted by Gasteiger charge is 2.25. The lowest BCUT2D eigenvalue weighted by atomic mass is 10.1. The number of hydrogen-bond donors (Lipinski definition) is 1. The van der Waals surface area contributed by atoms with Gasteiger partial charge in [0.25, 0.3) is 0 Å². The van der Waals surface area contributed by atoms with Crippen LogP contribution >= 0.6 is 0 Å². The van der Waals surface area contributed by atoms with Crippen molar-refractivity contribution in [3.8, 4) is 23.3 Å². The number of benzene rings is 1. The van der Waals surface area contributed by atoms with E-state index in [9.17, 15) is 0 Å². The first-order valence-corrected chi connectivity index (χ1v) is 5.85. The van der Waals surface area contributed by atoms with Crippen LogP contribution in [0.3, 0.4) is 0 Å². The lowest BCUT2D eigenvalue weighted by molar-refractivity contribution is 0.0705. The third-order valence-electron chi connectivity index (χ3n) is 2.79. The van der Waals surface area contributed by atoms with Crippen molar-refractivity contribution >= 4 is 0 Å². The highest BCUT2D eigenvalue weighted by atomic mass is 16.6. The molecule has 0 fully saturated rings. The summed E-state index contributed by atoms with van der Waals surface area (Å²) >= 11 is 0. The van der Waals surface area contributed by atoms with Crippen molar-refractivity contribution in [2.24, 2.45) is 5.73 Å². The fourth-order valence-electron chi connectivity index (χ4n) is 1.80. The molecule has 3 nitrogen and oxygen atoms in total. The van der Waals surface area contributed by atoms with Crippen molar-refractivity contribution in [3.05, 3.63) is 24.3 Å². The van der Waals surface area contributed by atoms with E-state index in [1.165, 1.54) is 0 Å². The van der Waals surface area contributed by atoms with Crippen molar-refractivity contribution in [1.29, 1.82) is 0 Å². The molecule has 1 aliphatic rings. The molecular weight excluding hydrogens is 214 g/mol. The van der Waals surface area contributed by atoms with Crippen molar-refractivity contribution in [1.82, 2.24) is 0 Å². The molecule has 0 saturated heterocycles. The molecule has 0 bridgehead atoms. The fraction of sp³-hybridized carbons (Fsp3) is 0.429. The van der Waals surface area contributed by atoms with Gasteiger partial charge in [0.2, 0.25) is 0 Å². The summed E-state index contributed by atoms with van der Waals surface area (Å²) < 4.78 is 11.4. The molecule has 1 aromatic carbocycles. The van der Waals surface area contributed by atoms with E-state index in [4.69, 9.17) is 15.2 Å². The van der Waals surface area contributed by atoms with Gasteiger partial charge in [-0.25, -0.2) is 0 Å². The average molecular weight is 231 g/mol. The van der Waals surface area contributed by atoms with Gasteiger partial charge in [0.1, 0.15) is 12.7 Å². The van der Waals surface area contributed by atoms with Crippen molar-refractivity contribution in [3.63, 3.8) is 0 Å². The van der Waals surface area contributed by atoms with Crippen molar-refractivity contribution in [2.75, 3.05) is 6.61 Å². The summed E-state index contributed by atoms with van der Waals surface area (Å²) in [5, 5.41) is 0. The number of para-hydroxylation sites is 2. The van der Waals surface area contributed by atoms with Crippen LogP contribution in [-0.4, -0.2) is 18.8 Å². The molecule has 2 unspecified atom stereocenters. The Bertz CT molecular complexity index is 433. The van der Waals surface area contributed by atoms with E-state index in [-0.39, 0.29) is 12.1 Å². The van der Waals surface area contributed by atoms with E-state index in [0.29, 0.717) is 6.61 Å². The van der Waals surface area contributed by atoms with Gasteiger partial charge in [-0.3, -0.25) is 0 Å². The van der Waals surface area contributed by atoms with Gasteiger partial charge in [0.05, 0.1) is 0 Å². The molecule has 0 aliphatic carbocycles. The summed E-state index contributed by atoms with van der Waals surface area (Å²) in [4.78, 5) is 0. The Morgan fingerprint density at radius 1 is 1.41 bits per heavy atom. The van der Waals surface area contributed by atoms with E-state index in [1.807, 2.05) is 31.2 Å². The first-order valence-electron chi connectivity index (χ1n) is 5.85. The zero-order chi connectivity index (χ0) is 12.1. The van der Waals surface area contributed by atoms with Crippen LogP contribution < -0.4 is 15.2 Å². The van der Waals surface area contributed by atoms with Crippen LogP contribution in [0.4, 0.5) is 0 Å². The second kappa shape index (κ2) is 5.60. The molecule has 1 aliphatic heterocycles. The minimum Gasteiger partial charge on any atom is -0.486 e. The van der Waals surface area contributed by atoms with Crippen LogP contribution in [0, 0.1) is 11.8 Å². The summed E-state index contributed by atoms with van der Waals surface area (Å²) in [5.74, 6) is 7.45. The maximum atomic E-state index is 6.07. The van der Waals surface area contributed by atoms with Gasteiger partial charge in [-0.1, -0.05) is 12.1 Å². The molecule has 1 heterocycles. The largest absolute Gasteiger partial charge is 0.486 e. The summed E-state index contributed by atoms with van der Waals surface area (Å²) in [6.45, 7) is 2.35. The Kier molecular flexibility index (Phi) is 3.89. The van der Waals surface area contributed by atoms with E-state index in [0.717, 1.165) is 24.3 Å². The SMILES string of the molecule is CC#CCCC(N)C1COc2ccccc2O1. The van der Waals surface area contributed by atoms with Gasteiger partial charge in [-0.2, -0.15) is 0 Å². The van der Waals surface area contributed by atoms with Crippen LogP contribution in [0.5, 0.6) is 11.5 Å². The normalized spacial score (nSPS) is 19.1. The minimum absolute atomic E-state index is 0.0378. The number of fused-ring (bicyclic) bond motifs is 1. The molecule has 0 aromatic heterocycles. The van der Waals surface area contributed by atoms with Crippen LogP contribution in [0.15, 0.2) is 24.3 Å². The maximum Gasteiger partial charge on any atom is 0.161 e. The Morgan fingerprint density at radius 3 is 2.94 bits per heavy atom. The third-order valence-corrected chi connectivity index (χ3v) is 2.79. The zero-order valence-corrected chi connectivity index (χ0v) is 9.98. The van der Waals surface area contributed by atoms with Crippen LogP contribution in [0.2, 0.25) is 0 Å². The smallest absolute Gasteiger partial charge is 0.161 e. The first-order chi connectivity index (χ1) is 8.31. The molecule has 0 amide bonds. The number of hydrogen-bond acceptors (Lipinski definition) is 3. The maximum absolute atomic E-state index is 6.07. The molecule has 2 atom stereocenters. The summed E-state index contributed by atoms with van der Waals surface area (Å²) in [6.07, 6.45) is 1.56. The predicted molar refractivity (Wildman–Crippen MR) is 67.0 cm³/mol. The monoisotopic (exact) mass is 231 g/mol. The molecule has 2 rings (SSSR count). The van der Waals surface area contributed by atoms with Crippen LogP contribution in [0.1, 0.15) is 19.8 Å². The Labute approximate surface area is 102 Å². The summed E-state index contributed by atoms with van der Waals surface area (Å²) in [7, 11) is 0. The predicted octanol–water partition coefficient (Wildman–Crippen LogP) is 1.96. The van der Waals surface area contributed by atoms with Gasteiger partial charge in [0.15, 0.2) is 11.5 Å². The van der Waals surface area contributed by atoms with Gasteiger partial charge in [0, 0.05) is 12.5 Å². The van der Waals surface area contributed by atoms with E-state index < -0.39 is 0 Å². The third kappa shape index (κ3) is 2.92. The minimum atomic E-state index is -0.0800. The fourth-order valence-corrected chi connectivity index (χ4v) is 1.80. The van der Waals surface area contributed by atoms with Gasteiger partial charge < -0.3 is 15.2 Å². The van der Waals surface area contributed by atoms with Crippen LogP contribution in [0.25, 0.3) is 0 Å². The van der Waals surface area contributed by atoms with E-state index in [1.54, 1.807) is 0 Å². The second-order valence-corrected chi connectivity index (χ2v) is 4.04. The second-order valence-electron chi connectivity index (χ2n) is 4.04. The van der Waals surface area contributed by atoms with Gasteiger partial charge in [-0.05, 0) is 25.5 Å². The lowest BCUT2D eigenvalue weighted by Gasteiger charge is -2.30. The Hall–Kier alpha value is -1.66. The quantitative estimate of drug-likeness (QED) is 0.809. The summed E-state index contributed by atoms with van der Waals surface area (Å²) in [6, 6.07) is 7.63. The molecule has 17 heavy (non-hydrogen) atoms. The van der Waals surface area contributed by atoms with Crippen LogP contribution in [-0.2, 0) is 0 Å². The first kappa shape index (κ1) is 11.8. The average Bonchev–Trinajstić information content (AvgIpc) is 2.38. The van der Waals surface area contributed by atoms with Crippen molar-refractivity contribution < 1.29 is 9.47 Å². The van der Waals surface area contributed by atoms with E-state index >= 15 is 0 Å². The lowest BCUT2D eigenvalue weighted by Crippen LogP contribution is -2.44. The molecule has 90 valence electrons. The number of nitrogens with two attached hydrogens (primary N) is 1. The highest BCUT2D eigenvalue weighted by Crippen LogP contribution is 2.31. The molecule has 3 heteroatoms. The molecule has 0 spiro atoms. The molecule has 2 N–H and O–H groups in total. The number of ether oxygens (including phenoxy) is 2. The van der Waals surface area contributed by atoms with Gasteiger partial charge >= 0.3 is 0 Å². The zero-order valence-electron chi connectivity index (χ0n) is 9.98. The highest BCUT2D eigenvalue weighted by molar-refractivity contribution is 5.40. The molecule has 0 radical (unpaired) electrons. The molecule has 0 saturated carbocycles.